The first-order valence-corrected chi connectivity index (χ1v) is 8.92. The fourth-order valence-corrected chi connectivity index (χ4v) is 3.03. The molecule has 150 valence electrons. The number of aryl methyl sites for hydroxylation is 1. The number of hydrogen-bond acceptors (Lipinski definition) is 7. The molecule has 0 saturated heterocycles. The summed E-state index contributed by atoms with van der Waals surface area (Å²) in [7, 11) is 2.89. The highest BCUT2D eigenvalue weighted by molar-refractivity contribution is 5.71. The molecule has 0 aliphatic heterocycles. The van der Waals surface area contributed by atoms with Crippen LogP contribution in [-0.2, 0) is 16.6 Å². The Kier molecular flexibility index (Phi) is 5.92. The summed E-state index contributed by atoms with van der Waals surface area (Å²) in [6, 6.07) is 10.2. The zero-order chi connectivity index (χ0) is 21.0. The van der Waals surface area contributed by atoms with Crippen LogP contribution < -0.4 is 10.3 Å². The van der Waals surface area contributed by atoms with Crippen LogP contribution in [0, 0.1) is 6.92 Å². The Morgan fingerprint density at radius 1 is 1.21 bits per heavy atom. The maximum absolute atomic E-state index is 12.9. The third kappa shape index (κ3) is 4.43. The largest absolute Gasteiger partial charge is 0.507 e. The summed E-state index contributed by atoms with van der Waals surface area (Å²) in [6.45, 7) is 1.72. The normalized spacial score (nSPS) is 11.7. The van der Waals surface area contributed by atoms with Crippen molar-refractivity contribution in [1.82, 2.24) is 14.5 Å². The van der Waals surface area contributed by atoms with Gasteiger partial charge in [-0.25, -0.2) is 9.97 Å². The van der Waals surface area contributed by atoms with Crippen molar-refractivity contribution in [2.45, 2.75) is 19.3 Å². The van der Waals surface area contributed by atoms with Crippen molar-refractivity contribution >= 4 is 5.97 Å². The number of aromatic nitrogens is 3. The molecule has 3 rings (SSSR count). The molecule has 0 radical (unpaired) electrons. The van der Waals surface area contributed by atoms with Gasteiger partial charge in [0.2, 0.25) is 0 Å². The van der Waals surface area contributed by atoms with Crippen molar-refractivity contribution in [3.8, 4) is 17.5 Å². The molecule has 0 saturated carbocycles. The van der Waals surface area contributed by atoms with E-state index in [1.54, 1.807) is 56.7 Å². The molecule has 1 aromatic carbocycles. The molecule has 0 bridgehead atoms. The monoisotopic (exact) mass is 395 g/mol. The maximum Gasteiger partial charge on any atom is 0.321 e. The molecule has 2 heterocycles. The number of esters is 1. The van der Waals surface area contributed by atoms with E-state index in [1.165, 1.54) is 17.7 Å². The third-order valence-corrected chi connectivity index (χ3v) is 4.64. The number of methoxy groups -OCH3 is 1. The van der Waals surface area contributed by atoms with Crippen LogP contribution in [0.5, 0.6) is 17.5 Å². The first-order valence-electron chi connectivity index (χ1n) is 8.92. The van der Waals surface area contributed by atoms with Gasteiger partial charge >= 0.3 is 12.0 Å². The summed E-state index contributed by atoms with van der Waals surface area (Å²) in [4.78, 5) is 33.0. The van der Waals surface area contributed by atoms with Crippen LogP contribution in [0.4, 0.5) is 0 Å². The summed E-state index contributed by atoms with van der Waals surface area (Å²) < 4.78 is 11.9. The highest BCUT2D eigenvalue weighted by Gasteiger charge is 2.26. The molecule has 8 heteroatoms. The highest BCUT2D eigenvalue weighted by Crippen LogP contribution is 2.34. The lowest BCUT2D eigenvalue weighted by atomic mass is 9.88. The Morgan fingerprint density at radius 2 is 1.93 bits per heavy atom. The topological polar surface area (TPSA) is 104 Å². The van der Waals surface area contributed by atoms with Gasteiger partial charge in [-0.1, -0.05) is 12.1 Å². The zero-order valence-corrected chi connectivity index (χ0v) is 16.3. The third-order valence-electron chi connectivity index (χ3n) is 4.64. The molecule has 0 fully saturated rings. The van der Waals surface area contributed by atoms with Gasteiger partial charge in [0.25, 0.3) is 5.56 Å². The zero-order valence-electron chi connectivity index (χ0n) is 16.3. The van der Waals surface area contributed by atoms with Crippen LogP contribution in [0.2, 0.25) is 0 Å². The number of aromatic hydroxyl groups is 1. The van der Waals surface area contributed by atoms with E-state index in [1.807, 2.05) is 0 Å². The number of nitrogens with zero attached hydrogens (tertiary/aromatic N) is 3. The van der Waals surface area contributed by atoms with E-state index < -0.39 is 11.9 Å². The Balaban J connectivity index is 2.07. The predicted molar refractivity (Wildman–Crippen MR) is 105 cm³/mol. The first kappa shape index (κ1) is 20.1. The minimum Gasteiger partial charge on any atom is -0.507 e. The number of pyridine rings is 1. The lowest BCUT2D eigenvalue weighted by molar-refractivity contribution is -0.140. The average Bonchev–Trinajstić information content (AvgIpc) is 2.72. The lowest BCUT2D eigenvalue weighted by Gasteiger charge is -2.19. The van der Waals surface area contributed by atoms with E-state index in [9.17, 15) is 14.7 Å². The van der Waals surface area contributed by atoms with E-state index in [0.29, 0.717) is 17.0 Å². The van der Waals surface area contributed by atoms with Gasteiger partial charge in [-0.15, -0.1) is 0 Å². The van der Waals surface area contributed by atoms with Gasteiger partial charge in [-0.05, 0) is 36.8 Å². The molecular formula is C21H21N3O5. The number of rotatable bonds is 6. The Hall–Kier alpha value is -3.68. The molecule has 1 unspecified atom stereocenters. The Morgan fingerprint density at radius 3 is 2.62 bits per heavy atom. The van der Waals surface area contributed by atoms with Crippen molar-refractivity contribution in [2.24, 2.45) is 7.05 Å². The maximum atomic E-state index is 12.9. The van der Waals surface area contributed by atoms with E-state index >= 15 is 0 Å². The molecule has 0 amide bonds. The summed E-state index contributed by atoms with van der Waals surface area (Å²) in [6.07, 6.45) is 2.99. The van der Waals surface area contributed by atoms with Gasteiger partial charge in [0, 0.05) is 31.1 Å². The molecule has 8 nitrogen and oxygen atoms in total. The van der Waals surface area contributed by atoms with Gasteiger partial charge in [-0.3, -0.25) is 9.59 Å². The Bertz CT molecular complexity index is 1080. The fourth-order valence-electron chi connectivity index (χ4n) is 3.03. The fraction of sp³-hybridized carbons (Fsp3) is 0.238. The molecule has 0 aliphatic rings. The minimum absolute atomic E-state index is 0.117. The second kappa shape index (κ2) is 8.55. The quantitative estimate of drug-likeness (QED) is 0.640. The highest BCUT2D eigenvalue weighted by atomic mass is 16.5. The van der Waals surface area contributed by atoms with Crippen molar-refractivity contribution in [3.05, 3.63) is 76.0 Å². The van der Waals surface area contributed by atoms with Crippen LogP contribution in [0.25, 0.3) is 0 Å². The standard InChI is InChI=1S/C21H21N3O5/c1-13-10-17(25)19(20(27)24(13)2)16(12-18(26)28-3)14-6-4-7-15(11-14)29-21-22-8-5-9-23-21/h4-11,16,25H,12H2,1-3H3. The molecule has 0 aliphatic carbocycles. The van der Waals surface area contributed by atoms with E-state index in [4.69, 9.17) is 9.47 Å². The van der Waals surface area contributed by atoms with E-state index in [0.717, 1.165) is 0 Å². The predicted octanol–water partition coefficient (Wildman–Crippen LogP) is 2.68. The molecule has 2 aromatic heterocycles. The summed E-state index contributed by atoms with van der Waals surface area (Å²) in [5, 5.41) is 10.5. The van der Waals surface area contributed by atoms with Gasteiger partial charge in [-0.2, -0.15) is 0 Å². The van der Waals surface area contributed by atoms with E-state index in [2.05, 4.69) is 9.97 Å². The number of benzene rings is 1. The molecule has 1 atom stereocenters. The van der Waals surface area contributed by atoms with Crippen molar-refractivity contribution in [2.75, 3.05) is 7.11 Å². The number of hydrogen-bond donors (Lipinski definition) is 1. The van der Waals surface area contributed by atoms with Gasteiger partial charge in [0.15, 0.2) is 0 Å². The Labute approximate surface area is 167 Å². The van der Waals surface area contributed by atoms with Crippen molar-refractivity contribution < 1.29 is 19.4 Å². The summed E-state index contributed by atoms with van der Waals surface area (Å²) in [5.41, 5.74) is 0.956. The molecule has 29 heavy (non-hydrogen) atoms. The van der Waals surface area contributed by atoms with Crippen LogP contribution in [0.15, 0.2) is 53.6 Å². The van der Waals surface area contributed by atoms with Crippen molar-refractivity contribution in [1.29, 1.82) is 0 Å². The smallest absolute Gasteiger partial charge is 0.321 e. The van der Waals surface area contributed by atoms with Crippen LogP contribution in [0.1, 0.15) is 29.2 Å². The van der Waals surface area contributed by atoms with Crippen LogP contribution >= 0.6 is 0 Å². The second-order valence-corrected chi connectivity index (χ2v) is 6.49. The molecule has 0 spiro atoms. The average molecular weight is 395 g/mol. The van der Waals surface area contributed by atoms with Gasteiger partial charge in [0.05, 0.1) is 19.1 Å². The van der Waals surface area contributed by atoms with Gasteiger partial charge < -0.3 is 19.1 Å². The van der Waals surface area contributed by atoms with Crippen LogP contribution in [-0.4, -0.2) is 32.7 Å². The SMILES string of the molecule is COC(=O)CC(c1cccc(Oc2ncccn2)c1)c1c(O)cc(C)n(C)c1=O. The second-order valence-electron chi connectivity index (χ2n) is 6.49. The lowest BCUT2D eigenvalue weighted by Crippen LogP contribution is -2.26. The van der Waals surface area contributed by atoms with Crippen LogP contribution in [0.3, 0.4) is 0 Å². The van der Waals surface area contributed by atoms with Crippen molar-refractivity contribution in [3.63, 3.8) is 0 Å². The number of carbonyl (C=O) groups is 1. The number of carbonyl (C=O) groups excluding carboxylic acids is 1. The number of ether oxygens (including phenoxy) is 2. The minimum atomic E-state index is -0.720. The molecule has 1 N–H and O–H groups in total. The summed E-state index contributed by atoms with van der Waals surface area (Å²) >= 11 is 0. The first-order chi connectivity index (χ1) is 13.9. The van der Waals surface area contributed by atoms with Gasteiger partial charge in [0.1, 0.15) is 11.5 Å². The molecule has 3 aromatic rings. The summed E-state index contributed by atoms with van der Waals surface area (Å²) in [5.74, 6) is -0.957. The van der Waals surface area contributed by atoms with E-state index in [-0.39, 0.29) is 29.3 Å². The molecular weight excluding hydrogens is 374 g/mol.